The highest BCUT2D eigenvalue weighted by atomic mass is 35.5. The van der Waals surface area contributed by atoms with Gasteiger partial charge in [-0.25, -0.2) is 0 Å². The van der Waals surface area contributed by atoms with Crippen molar-refractivity contribution in [2.45, 2.75) is 32.2 Å². The molecule has 5 heteroatoms. The topological polar surface area (TPSA) is 64.3 Å². The lowest BCUT2D eigenvalue weighted by Gasteiger charge is -2.14. The Bertz CT molecular complexity index is 190. The van der Waals surface area contributed by atoms with Crippen LogP contribution >= 0.6 is 12.4 Å². The molecule has 0 bridgehead atoms. The maximum Gasteiger partial charge on any atom is 0.224 e. The van der Waals surface area contributed by atoms with Crippen LogP contribution in [-0.2, 0) is 9.53 Å². The van der Waals surface area contributed by atoms with Gasteiger partial charge in [0.05, 0.1) is 12.5 Å². The summed E-state index contributed by atoms with van der Waals surface area (Å²) >= 11 is 0. The smallest absolute Gasteiger partial charge is 0.224 e. The Morgan fingerprint density at radius 3 is 2.80 bits per heavy atom. The van der Waals surface area contributed by atoms with Gasteiger partial charge < -0.3 is 15.8 Å². The number of rotatable bonds is 5. The second-order valence-electron chi connectivity index (χ2n) is 3.69. The molecule has 90 valence electrons. The van der Waals surface area contributed by atoms with E-state index in [4.69, 9.17) is 10.5 Å². The van der Waals surface area contributed by atoms with Gasteiger partial charge in [0.25, 0.3) is 0 Å². The maximum atomic E-state index is 11.6. The molecule has 2 unspecified atom stereocenters. The fraction of sp³-hybridized carbons (Fsp3) is 0.900. The van der Waals surface area contributed by atoms with Crippen LogP contribution in [0.5, 0.6) is 0 Å². The van der Waals surface area contributed by atoms with Crippen molar-refractivity contribution in [1.82, 2.24) is 5.32 Å². The van der Waals surface area contributed by atoms with Gasteiger partial charge in [0.1, 0.15) is 0 Å². The van der Waals surface area contributed by atoms with Crippen LogP contribution in [0.3, 0.4) is 0 Å². The summed E-state index contributed by atoms with van der Waals surface area (Å²) in [7, 11) is 0. The Morgan fingerprint density at radius 2 is 2.27 bits per heavy atom. The van der Waals surface area contributed by atoms with Gasteiger partial charge in [-0.15, -0.1) is 12.4 Å². The summed E-state index contributed by atoms with van der Waals surface area (Å²) in [5.74, 6) is 0.117. The number of ether oxygens (including phenoxy) is 1. The van der Waals surface area contributed by atoms with Crippen LogP contribution in [0.25, 0.3) is 0 Å². The minimum Gasteiger partial charge on any atom is -0.380 e. The van der Waals surface area contributed by atoms with Gasteiger partial charge >= 0.3 is 0 Å². The summed E-state index contributed by atoms with van der Waals surface area (Å²) in [5, 5.41) is 2.85. The Kier molecular flexibility index (Phi) is 7.74. The molecule has 0 spiro atoms. The molecule has 3 N–H and O–H groups in total. The van der Waals surface area contributed by atoms with E-state index >= 15 is 0 Å². The lowest BCUT2D eigenvalue weighted by molar-refractivity contribution is -0.125. The zero-order chi connectivity index (χ0) is 10.4. The van der Waals surface area contributed by atoms with E-state index < -0.39 is 0 Å². The van der Waals surface area contributed by atoms with E-state index in [2.05, 4.69) is 5.32 Å². The van der Waals surface area contributed by atoms with Crippen molar-refractivity contribution in [3.8, 4) is 0 Å². The molecule has 1 amide bonds. The molecule has 0 aliphatic heterocycles. The molecule has 0 saturated heterocycles. The molecule has 15 heavy (non-hydrogen) atoms. The van der Waals surface area contributed by atoms with E-state index in [-0.39, 0.29) is 30.3 Å². The minimum absolute atomic E-state index is 0. The molecule has 1 fully saturated rings. The molecule has 4 nitrogen and oxygen atoms in total. The predicted octanol–water partition coefficient (Wildman–Crippen LogP) is 0.688. The average Bonchev–Trinajstić information content (AvgIpc) is 2.59. The summed E-state index contributed by atoms with van der Waals surface area (Å²) in [4.78, 5) is 11.6. The molecule has 0 radical (unpaired) electrons. The van der Waals surface area contributed by atoms with Gasteiger partial charge in [-0.3, -0.25) is 4.79 Å². The Morgan fingerprint density at radius 1 is 1.53 bits per heavy atom. The average molecular weight is 237 g/mol. The predicted molar refractivity (Wildman–Crippen MR) is 62.1 cm³/mol. The summed E-state index contributed by atoms with van der Waals surface area (Å²) in [5.41, 5.74) is 5.82. The lowest BCUT2D eigenvalue weighted by Crippen LogP contribution is -2.39. The minimum atomic E-state index is 0. The second-order valence-corrected chi connectivity index (χ2v) is 3.69. The maximum absolute atomic E-state index is 11.6. The first-order valence-corrected chi connectivity index (χ1v) is 5.36. The highest BCUT2D eigenvalue weighted by molar-refractivity contribution is 5.85. The van der Waals surface area contributed by atoms with Crippen LogP contribution in [-0.4, -0.2) is 31.7 Å². The SMILES string of the molecule is CCOCCNC(=O)C1CCCC1N.Cl. The monoisotopic (exact) mass is 236 g/mol. The number of nitrogens with one attached hydrogen (secondary N) is 1. The summed E-state index contributed by atoms with van der Waals surface area (Å²) in [6.07, 6.45) is 2.98. The number of hydrogen-bond acceptors (Lipinski definition) is 3. The summed E-state index contributed by atoms with van der Waals surface area (Å²) in [6.45, 7) is 3.81. The molecule has 1 aliphatic carbocycles. The largest absolute Gasteiger partial charge is 0.380 e. The Labute approximate surface area is 97.3 Å². The highest BCUT2D eigenvalue weighted by Crippen LogP contribution is 2.23. The molecule has 1 aliphatic rings. The van der Waals surface area contributed by atoms with Crippen LogP contribution in [0, 0.1) is 5.92 Å². The molecule has 2 atom stereocenters. The van der Waals surface area contributed by atoms with E-state index in [1.165, 1.54) is 0 Å². The highest BCUT2D eigenvalue weighted by Gasteiger charge is 2.29. The van der Waals surface area contributed by atoms with E-state index in [9.17, 15) is 4.79 Å². The van der Waals surface area contributed by atoms with E-state index in [1.54, 1.807) is 0 Å². The van der Waals surface area contributed by atoms with Crippen LogP contribution < -0.4 is 11.1 Å². The molecule has 0 aromatic carbocycles. The lowest BCUT2D eigenvalue weighted by atomic mass is 10.0. The van der Waals surface area contributed by atoms with Crippen molar-refractivity contribution in [1.29, 1.82) is 0 Å². The zero-order valence-corrected chi connectivity index (χ0v) is 10.0. The number of carbonyl (C=O) groups excluding carboxylic acids is 1. The van der Waals surface area contributed by atoms with E-state index in [0.717, 1.165) is 19.3 Å². The quantitative estimate of drug-likeness (QED) is 0.691. The van der Waals surface area contributed by atoms with Crippen molar-refractivity contribution >= 4 is 18.3 Å². The number of halogens is 1. The first-order chi connectivity index (χ1) is 6.75. The molecule has 0 aromatic heterocycles. The van der Waals surface area contributed by atoms with Crippen LogP contribution in [0.15, 0.2) is 0 Å². The molecule has 0 heterocycles. The van der Waals surface area contributed by atoms with Gasteiger partial charge in [-0.1, -0.05) is 6.42 Å². The number of amides is 1. The van der Waals surface area contributed by atoms with Crippen LogP contribution in [0.1, 0.15) is 26.2 Å². The number of carbonyl (C=O) groups is 1. The van der Waals surface area contributed by atoms with Gasteiger partial charge in [0.2, 0.25) is 5.91 Å². The normalized spacial score (nSPS) is 24.7. The Hall–Kier alpha value is -0.320. The standard InChI is InChI=1S/C10H20N2O2.ClH/c1-2-14-7-6-12-10(13)8-4-3-5-9(8)11;/h8-9H,2-7,11H2,1H3,(H,12,13);1H. The van der Waals surface area contributed by atoms with E-state index in [0.29, 0.717) is 19.8 Å². The second kappa shape index (κ2) is 7.91. The number of nitrogens with two attached hydrogens (primary N) is 1. The summed E-state index contributed by atoms with van der Waals surface area (Å²) < 4.78 is 5.13. The van der Waals surface area contributed by atoms with Gasteiger partial charge in [-0.05, 0) is 19.8 Å². The third-order valence-corrected chi connectivity index (χ3v) is 2.66. The molecule has 1 saturated carbocycles. The van der Waals surface area contributed by atoms with Crippen molar-refractivity contribution < 1.29 is 9.53 Å². The zero-order valence-electron chi connectivity index (χ0n) is 9.20. The van der Waals surface area contributed by atoms with Gasteiger partial charge in [-0.2, -0.15) is 0 Å². The number of hydrogen-bond donors (Lipinski definition) is 2. The van der Waals surface area contributed by atoms with Crippen molar-refractivity contribution in [2.75, 3.05) is 19.8 Å². The van der Waals surface area contributed by atoms with Crippen LogP contribution in [0.4, 0.5) is 0 Å². The first-order valence-electron chi connectivity index (χ1n) is 5.36. The fourth-order valence-corrected chi connectivity index (χ4v) is 1.84. The molecular formula is C10H21ClN2O2. The van der Waals surface area contributed by atoms with Gasteiger partial charge in [0, 0.05) is 19.2 Å². The third-order valence-electron chi connectivity index (χ3n) is 2.66. The third kappa shape index (κ3) is 4.82. The molecule has 1 rings (SSSR count). The van der Waals surface area contributed by atoms with Gasteiger partial charge in [0.15, 0.2) is 0 Å². The van der Waals surface area contributed by atoms with Crippen molar-refractivity contribution in [2.24, 2.45) is 11.7 Å². The summed E-state index contributed by atoms with van der Waals surface area (Å²) in [6, 6.07) is 0.0575. The first kappa shape index (κ1) is 14.7. The molecular weight excluding hydrogens is 216 g/mol. The van der Waals surface area contributed by atoms with Crippen molar-refractivity contribution in [3.63, 3.8) is 0 Å². The van der Waals surface area contributed by atoms with Crippen molar-refractivity contribution in [3.05, 3.63) is 0 Å². The molecule has 0 aromatic rings. The van der Waals surface area contributed by atoms with Crippen LogP contribution in [0.2, 0.25) is 0 Å². The Balaban J connectivity index is 0.00000196. The van der Waals surface area contributed by atoms with E-state index in [1.807, 2.05) is 6.92 Å². The fourth-order valence-electron chi connectivity index (χ4n) is 1.84.